The molecule has 3 heterocycles. The van der Waals surface area contributed by atoms with Crippen LogP contribution in [0.3, 0.4) is 0 Å². The lowest BCUT2D eigenvalue weighted by Gasteiger charge is -2.01. The summed E-state index contributed by atoms with van der Waals surface area (Å²) >= 11 is 1.55. The first-order chi connectivity index (χ1) is 9.11. The molecule has 0 aliphatic rings. The molecule has 0 aromatic carbocycles. The topological polar surface area (TPSA) is 59.3 Å². The first-order valence-corrected chi connectivity index (χ1v) is 6.62. The van der Waals surface area contributed by atoms with Crippen LogP contribution in [0.25, 0.3) is 4.96 Å². The second-order valence-corrected chi connectivity index (χ2v) is 5.55. The van der Waals surface area contributed by atoms with Crippen LogP contribution >= 0.6 is 11.3 Å². The molecule has 0 saturated carbocycles. The molecule has 0 bridgehead atoms. The lowest BCUT2D eigenvalue weighted by atomic mass is 10.3. The Morgan fingerprint density at radius 1 is 1.32 bits per heavy atom. The number of pyridine rings is 1. The number of imidazole rings is 1. The van der Waals surface area contributed by atoms with Gasteiger partial charge in [0.2, 0.25) is 0 Å². The van der Waals surface area contributed by atoms with E-state index in [2.05, 4.69) is 15.3 Å². The fourth-order valence-corrected chi connectivity index (χ4v) is 2.55. The molecule has 0 aliphatic heterocycles. The van der Waals surface area contributed by atoms with Crippen LogP contribution in [0, 0.1) is 13.8 Å². The summed E-state index contributed by atoms with van der Waals surface area (Å²) in [5, 5.41) is 2.73. The number of hydrogen-bond donors (Lipinski definition) is 1. The molecule has 1 N–H and O–H groups in total. The molecule has 6 heteroatoms. The molecule has 5 nitrogen and oxygen atoms in total. The number of aromatic nitrogens is 3. The number of thiazole rings is 1. The van der Waals surface area contributed by atoms with Crippen molar-refractivity contribution < 1.29 is 4.79 Å². The highest BCUT2D eigenvalue weighted by Gasteiger charge is 2.12. The maximum atomic E-state index is 12.0. The van der Waals surface area contributed by atoms with Gasteiger partial charge in [-0.2, -0.15) is 0 Å². The third-order valence-corrected chi connectivity index (χ3v) is 3.57. The normalized spacial score (nSPS) is 10.8. The Balaban J connectivity index is 1.83. The second-order valence-electron chi connectivity index (χ2n) is 4.33. The van der Waals surface area contributed by atoms with Crippen molar-refractivity contribution in [2.75, 3.05) is 5.32 Å². The number of nitrogens with one attached hydrogen (secondary N) is 1. The molecule has 0 spiro atoms. The Kier molecular flexibility index (Phi) is 2.79. The van der Waals surface area contributed by atoms with Crippen LogP contribution in [-0.4, -0.2) is 20.3 Å². The highest BCUT2D eigenvalue weighted by atomic mass is 32.1. The number of aryl methyl sites for hydroxylation is 2. The number of hydrogen-bond acceptors (Lipinski definition) is 4. The van der Waals surface area contributed by atoms with Gasteiger partial charge in [-0.05, 0) is 25.5 Å². The monoisotopic (exact) mass is 272 g/mol. The van der Waals surface area contributed by atoms with Gasteiger partial charge in [0.25, 0.3) is 5.91 Å². The van der Waals surface area contributed by atoms with E-state index >= 15 is 0 Å². The summed E-state index contributed by atoms with van der Waals surface area (Å²) < 4.78 is 1.86. The quantitative estimate of drug-likeness (QED) is 0.780. The van der Waals surface area contributed by atoms with E-state index in [-0.39, 0.29) is 5.91 Å². The lowest BCUT2D eigenvalue weighted by molar-refractivity contribution is 0.102. The Morgan fingerprint density at radius 2 is 2.16 bits per heavy atom. The molecule has 3 rings (SSSR count). The van der Waals surface area contributed by atoms with Crippen LogP contribution in [0.1, 0.15) is 20.9 Å². The summed E-state index contributed by atoms with van der Waals surface area (Å²) in [4.78, 5) is 22.4. The van der Waals surface area contributed by atoms with Crippen LogP contribution < -0.4 is 5.32 Å². The number of carbonyl (C=O) groups excluding carboxylic acids is 1. The number of nitrogens with zero attached hydrogens (tertiary/aromatic N) is 3. The lowest BCUT2D eigenvalue weighted by Crippen LogP contribution is -2.13. The standard InChI is InChI=1S/C13H12N4OS/c1-8-3-4-11(14-5-8)16-12(18)10-7-17-6-9(2)19-13(17)15-10/h3-7H,1-2H3,(H,14,16,18). The van der Waals surface area contributed by atoms with Crippen molar-refractivity contribution in [3.05, 3.63) is 46.9 Å². The molecular formula is C13H12N4OS. The first kappa shape index (κ1) is 11.9. The van der Waals surface area contributed by atoms with Gasteiger partial charge in [-0.15, -0.1) is 11.3 Å². The molecule has 19 heavy (non-hydrogen) atoms. The minimum Gasteiger partial charge on any atom is -0.305 e. The Hall–Kier alpha value is -2.21. The molecule has 0 fully saturated rings. The van der Waals surface area contributed by atoms with Gasteiger partial charge < -0.3 is 5.32 Å². The van der Waals surface area contributed by atoms with E-state index in [1.165, 1.54) is 0 Å². The highest BCUT2D eigenvalue weighted by Crippen LogP contribution is 2.17. The van der Waals surface area contributed by atoms with Crippen molar-refractivity contribution in [3.63, 3.8) is 0 Å². The second kappa shape index (κ2) is 4.47. The van der Waals surface area contributed by atoms with E-state index in [1.807, 2.05) is 30.5 Å². The van der Waals surface area contributed by atoms with Crippen LogP contribution in [0.2, 0.25) is 0 Å². The molecule has 0 saturated heterocycles. The molecule has 0 aliphatic carbocycles. The first-order valence-electron chi connectivity index (χ1n) is 5.81. The molecule has 0 atom stereocenters. The molecule has 3 aromatic rings. The highest BCUT2D eigenvalue weighted by molar-refractivity contribution is 7.17. The fourth-order valence-electron chi connectivity index (χ4n) is 1.74. The van der Waals surface area contributed by atoms with E-state index in [0.717, 1.165) is 15.4 Å². The zero-order valence-electron chi connectivity index (χ0n) is 10.5. The van der Waals surface area contributed by atoms with Crippen LogP contribution in [0.15, 0.2) is 30.7 Å². The largest absolute Gasteiger partial charge is 0.305 e. The fraction of sp³-hybridized carbons (Fsp3) is 0.154. The van der Waals surface area contributed by atoms with Crippen molar-refractivity contribution in [3.8, 4) is 0 Å². The Bertz CT molecular complexity index is 710. The van der Waals surface area contributed by atoms with Gasteiger partial charge >= 0.3 is 0 Å². The van der Waals surface area contributed by atoms with E-state index in [1.54, 1.807) is 29.8 Å². The summed E-state index contributed by atoms with van der Waals surface area (Å²) in [6, 6.07) is 3.67. The summed E-state index contributed by atoms with van der Waals surface area (Å²) in [6.07, 6.45) is 5.39. The van der Waals surface area contributed by atoms with Gasteiger partial charge in [0, 0.05) is 23.5 Å². The number of anilines is 1. The number of carbonyl (C=O) groups is 1. The van der Waals surface area contributed by atoms with Crippen LogP contribution in [0.5, 0.6) is 0 Å². The van der Waals surface area contributed by atoms with Crippen molar-refractivity contribution in [1.29, 1.82) is 0 Å². The zero-order chi connectivity index (χ0) is 13.4. The zero-order valence-corrected chi connectivity index (χ0v) is 11.4. The third-order valence-electron chi connectivity index (χ3n) is 2.66. The number of amides is 1. The molecule has 0 radical (unpaired) electrons. The molecule has 3 aromatic heterocycles. The summed E-state index contributed by atoms with van der Waals surface area (Å²) in [5.41, 5.74) is 1.45. The number of rotatable bonds is 2. The predicted molar refractivity (Wildman–Crippen MR) is 74.7 cm³/mol. The Morgan fingerprint density at radius 3 is 2.84 bits per heavy atom. The summed E-state index contributed by atoms with van der Waals surface area (Å²) in [6.45, 7) is 3.96. The van der Waals surface area contributed by atoms with Crippen molar-refractivity contribution in [1.82, 2.24) is 14.4 Å². The molecule has 96 valence electrons. The van der Waals surface area contributed by atoms with E-state index in [9.17, 15) is 4.79 Å². The molecular weight excluding hydrogens is 260 g/mol. The van der Waals surface area contributed by atoms with Gasteiger partial charge in [0.1, 0.15) is 11.5 Å². The van der Waals surface area contributed by atoms with Crippen molar-refractivity contribution in [2.24, 2.45) is 0 Å². The average Bonchev–Trinajstić information content (AvgIpc) is 2.89. The summed E-state index contributed by atoms with van der Waals surface area (Å²) in [7, 11) is 0. The van der Waals surface area contributed by atoms with Crippen LogP contribution in [0.4, 0.5) is 5.82 Å². The van der Waals surface area contributed by atoms with Crippen molar-refractivity contribution in [2.45, 2.75) is 13.8 Å². The molecule has 1 amide bonds. The van der Waals surface area contributed by atoms with Gasteiger partial charge in [-0.3, -0.25) is 9.20 Å². The van der Waals surface area contributed by atoms with Gasteiger partial charge in [-0.1, -0.05) is 6.07 Å². The van der Waals surface area contributed by atoms with Crippen molar-refractivity contribution >= 4 is 28.0 Å². The van der Waals surface area contributed by atoms with Gasteiger partial charge in [-0.25, -0.2) is 9.97 Å². The maximum Gasteiger partial charge on any atom is 0.277 e. The summed E-state index contributed by atoms with van der Waals surface area (Å²) in [5.74, 6) is 0.285. The van der Waals surface area contributed by atoms with E-state index < -0.39 is 0 Å². The van der Waals surface area contributed by atoms with Crippen LogP contribution in [-0.2, 0) is 0 Å². The van der Waals surface area contributed by atoms with E-state index in [4.69, 9.17) is 0 Å². The number of fused-ring (bicyclic) bond motifs is 1. The average molecular weight is 272 g/mol. The Labute approximate surface area is 113 Å². The molecule has 0 unspecified atom stereocenters. The minimum atomic E-state index is -0.245. The van der Waals surface area contributed by atoms with Gasteiger partial charge in [0.05, 0.1) is 0 Å². The third kappa shape index (κ3) is 2.34. The SMILES string of the molecule is Cc1ccc(NC(=O)c2cn3cc(C)sc3n2)nc1. The predicted octanol–water partition coefficient (Wildman–Crippen LogP) is 2.66. The maximum absolute atomic E-state index is 12.0. The van der Waals surface area contributed by atoms with Gasteiger partial charge in [0.15, 0.2) is 4.96 Å². The smallest absolute Gasteiger partial charge is 0.277 e. The minimum absolute atomic E-state index is 0.245. The van der Waals surface area contributed by atoms with E-state index in [0.29, 0.717) is 11.5 Å².